The summed E-state index contributed by atoms with van der Waals surface area (Å²) in [7, 11) is 0. The number of ketones is 1. The monoisotopic (exact) mass is 449 g/mol. The van der Waals surface area contributed by atoms with Crippen molar-refractivity contribution in [3.63, 3.8) is 0 Å². The van der Waals surface area contributed by atoms with Crippen LogP contribution in [0, 0.1) is 0 Å². The summed E-state index contributed by atoms with van der Waals surface area (Å²) in [5.74, 6) is 1.86. The Morgan fingerprint density at radius 3 is 2.62 bits per heavy atom. The van der Waals surface area contributed by atoms with E-state index in [4.69, 9.17) is 9.15 Å². The maximum Gasteiger partial charge on any atom is 0.162 e. The average Bonchev–Trinajstić information content (AvgIpc) is 3.41. The van der Waals surface area contributed by atoms with Crippen molar-refractivity contribution in [2.45, 2.75) is 38.0 Å². The van der Waals surface area contributed by atoms with Gasteiger partial charge in [0.05, 0.1) is 12.9 Å². The van der Waals surface area contributed by atoms with Crippen LogP contribution in [0.5, 0.6) is 5.75 Å². The van der Waals surface area contributed by atoms with E-state index >= 15 is 0 Å². The van der Waals surface area contributed by atoms with Crippen LogP contribution in [0.4, 0.5) is 5.69 Å². The number of furan rings is 1. The zero-order chi connectivity index (χ0) is 23.1. The number of carbonyl (C=O) groups excluding carboxylic acids is 1. The number of Topliss-reactive ketones (excluding diaryl/α,β-unsaturated/α-hetero) is 1. The van der Waals surface area contributed by atoms with Crippen molar-refractivity contribution in [3.05, 3.63) is 107 Å². The predicted molar refractivity (Wildman–Crippen MR) is 134 cm³/mol. The number of anilines is 1. The minimum atomic E-state index is -0.123. The van der Waals surface area contributed by atoms with E-state index in [2.05, 4.69) is 60.8 Å². The summed E-state index contributed by atoms with van der Waals surface area (Å²) in [5.41, 5.74) is 5.25. The Balaban J connectivity index is 1.50. The van der Waals surface area contributed by atoms with E-state index < -0.39 is 0 Å². The molecule has 2 heterocycles. The van der Waals surface area contributed by atoms with Crippen molar-refractivity contribution in [3.8, 4) is 5.75 Å². The molecule has 1 aliphatic carbocycles. The van der Waals surface area contributed by atoms with Crippen LogP contribution in [-0.4, -0.2) is 12.4 Å². The lowest BCUT2D eigenvalue weighted by Gasteiger charge is -2.37. The number of benzene rings is 3. The van der Waals surface area contributed by atoms with Gasteiger partial charge in [0, 0.05) is 35.2 Å². The van der Waals surface area contributed by atoms with E-state index in [-0.39, 0.29) is 17.6 Å². The summed E-state index contributed by atoms with van der Waals surface area (Å²) in [6, 6.07) is 24.9. The van der Waals surface area contributed by atoms with Crippen molar-refractivity contribution >= 4 is 22.2 Å². The van der Waals surface area contributed by atoms with Gasteiger partial charge in [0.2, 0.25) is 0 Å². The normalized spacial score (nSPS) is 19.5. The van der Waals surface area contributed by atoms with Gasteiger partial charge >= 0.3 is 0 Å². The molecule has 3 aromatic carbocycles. The maximum atomic E-state index is 13.7. The predicted octanol–water partition coefficient (Wildman–Crippen LogP) is 7.18. The second-order valence-electron chi connectivity index (χ2n) is 9.16. The lowest BCUT2D eigenvalue weighted by Crippen LogP contribution is -2.29. The van der Waals surface area contributed by atoms with Crippen molar-refractivity contribution in [2.75, 3.05) is 11.9 Å². The lowest BCUT2D eigenvalue weighted by molar-refractivity contribution is -0.116. The Labute approximate surface area is 199 Å². The first-order valence-electron chi connectivity index (χ1n) is 12.0. The highest BCUT2D eigenvalue weighted by Crippen LogP contribution is 2.50. The van der Waals surface area contributed by atoms with Gasteiger partial charge < -0.3 is 14.5 Å². The molecule has 0 saturated heterocycles. The molecule has 4 nitrogen and oxygen atoms in total. The van der Waals surface area contributed by atoms with Crippen molar-refractivity contribution < 1.29 is 13.9 Å². The molecule has 0 unspecified atom stereocenters. The SMILES string of the molecule is CCCOc1ccc([C@@H]2C3=C(C[C@H](c4ccco4)CC3=O)Nc3ccc4ccccc4c32)cc1. The Morgan fingerprint density at radius 2 is 1.82 bits per heavy atom. The molecule has 0 spiro atoms. The Morgan fingerprint density at radius 1 is 0.971 bits per heavy atom. The topological polar surface area (TPSA) is 51.5 Å². The third-order valence-electron chi connectivity index (χ3n) is 6.97. The summed E-state index contributed by atoms with van der Waals surface area (Å²) in [5, 5.41) is 6.00. The van der Waals surface area contributed by atoms with E-state index in [1.807, 2.05) is 24.3 Å². The minimum Gasteiger partial charge on any atom is -0.494 e. The highest BCUT2D eigenvalue weighted by Gasteiger charge is 2.39. The molecule has 4 aromatic rings. The Bertz CT molecular complexity index is 1380. The number of fused-ring (bicyclic) bond motifs is 3. The molecule has 2 atom stereocenters. The van der Waals surface area contributed by atoms with Gasteiger partial charge in [-0.1, -0.05) is 49.4 Å². The number of allylic oxidation sites excluding steroid dienone is 2. The van der Waals surface area contributed by atoms with Crippen LogP contribution in [0.2, 0.25) is 0 Å². The van der Waals surface area contributed by atoms with Crippen LogP contribution in [0.15, 0.2) is 94.7 Å². The van der Waals surface area contributed by atoms with Crippen LogP contribution in [-0.2, 0) is 4.79 Å². The molecule has 1 aromatic heterocycles. The van der Waals surface area contributed by atoms with Crippen LogP contribution in [0.3, 0.4) is 0 Å². The third-order valence-corrected chi connectivity index (χ3v) is 6.97. The van der Waals surface area contributed by atoms with Gasteiger partial charge in [-0.25, -0.2) is 0 Å². The second kappa shape index (κ2) is 8.53. The summed E-state index contributed by atoms with van der Waals surface area (Å²) in [6.45, 7) is 2.80. The van der Waals surface area contributed by atoms with E-state index in [1.54, 1.807) is 6.26 Å². The van der Waals surface area contributed by atoms with Crippen molar-refractivity contribution in [1.82, 2.24) is 0 Å². The standard InChI is InChI=1S/C30H27NO3/c1-2-15-33-22-12-9-20(10-13-22)28-29-23-7-4-3-6-19(23)11-14-24(29)31-25-17-21(18-26(32)30(25)28)27-8-5-16-34-27/h3-14,16,21,28,31H,2,15,17-18H2,1H3/t21-,28-/m0/s1. The number of nitrogens with one attached hydrogen (secondary N) is 1. The largest absolute Gasteiger partial charge is 0.494 e. The molecule has 34 heavy (non-hydrogen) atoms. The molecule has 6 rings (SSSR count). The van der Waals surface area contributed by atoms with Crippen molar-refractivity contribution in [1.29, 1.82) is 0 Å². The van der Waals surface area contributed by atoms with E-state index in [1.165, 1.54) is 16.3 Å². The molecule has 1 aliphatic heterocycles. The molecule has 0 amide bonds. The van der Waals surface area contributed by atoms with Gasteiger partial charge in [0.15, 0.2) is 5.78 Å². The zero-order valence-corrected chi connectivity index (χ0v) is 19.2. The fraction of sp³-hybridized carbons (Fsp3) is 0.233. The highest BCUT2D eigenvalue weighted by molar-refractivity contribution is 6.04. The molecular formula is C30H27NO3. The summed E-state index contributed by atoms with van der Waals surface area (Å²) in [6.07, 6.45) is 3.87. The summed E-state index contributed by atoms with van der Waals surface area (Å²) in [4.78, 5) is 13.7. The van der Waals surface area contributed by atoms with E-state index in [0.29, 0.717) is 13.0 Å². The molecule has 0 fully saturated rings. The summed E-state index contributed by atoms with van der Waals surface area (Å²) >= 11 is 0. The Kier molecular flexibility index (Phi) is 5.21. The first-order valence-corrected chi connectivity index (χ1v) is 12.0. The number of carbonyl (C=O) groups is 1. The van der Waals surface area contributed by atoms with Crippen molar-refractivity contribution in [2.24, 2.45) is 0 Å². The maximum absolute atomic E-state index is 13.7. The highest BCUT2D eigenvalue weighted by atomic mass is 16.5. The number of rotatable bonds is 5. The van der Waals surface area contributed by atoms with Gasteiger partial charge in [-0.3, -0.25) is 4.79 Å². The van der Waals surface area contributed by atoms with E-state index in [9.17, 15) is 4.79 Å². The lowest BCUT2D eigenvalue weighted by atomic mass is 9.71. The van der Waals surface area contributed by atoms with Gasteiger partial charge in [0.25, 0.3) is 0 Å². The zero-order valence-electron chi connectivity index (χ0n) is 19.2. The van der Waals surface area contributed by atoms with Gasteiger partial charge in [-0.05, 0) is 65.1 Å². The van der Waals surface area contributed by atoms with Gasteiger partial charge in [-0.2, -0.15) is 0 Å². The van der Waals surface area contributed by atoms with Crippen LogP contribution >= 0.6 is 0 Å². The first kappa shape index (κ1) is 20.8. The molecule has 4 heteroatoms. The fourth-order valence-corrected chi connectivity index (χ4v) is 5.44. The molecular weight excluding hydrogens is 422 g/mol. The van der Waals surface area contributed by atoms with Gasteiger partial charge in [0.1, 0.15) is 11.5 Å². The van der Waals surface area contributed by atoms with E-state index in [0.717, 1.165) is 46.9 Å². The smallest absolute Gasteiger partial charge is 0.162 e. The van der Waals surface area contributed by atoms with Crippen LogP contribution < -0.4 is 10.1 Å². The molecule has 1 N–H and O–H groups in total. The summed E-state index contributed by atoms with van der Waals surface area (Å²) < 4.78 is 11.5. The fourth-order valence-electron chi connectivity index (χ4n) is 5.44. The number of ether oxygens (including phenoxy) is 1. The van der Waals surface area contributed by atoms with Gasteiger partial charge in [-0.15, -0.1) is 0 Å². The Hall–Kier alpha value is -3.79. The average molecular weight is 450 g/mol. The molecule has 2 aliphatic rings. The molecule has 170 valence electrons. The second-order valence-corrected chi connectivity index (χ2v) is 9.16. The first-order chi connectivity index (χ1) is 16.7. The van der Waals surface area contributed by atoms with Crippen LogP contribution in [0.25, 0.3) is 10.8 Å². The van der Waals surface area contributed by atoms with Crippen LogP contribution in [0.1, 0.15) is 54.9 Å². The minimum absolute atomic E-state index is 0.0567. The molecule has 0 saturated carbocycles. The number of hydrogen-bond donors (Lipinski definition) is 1. The quantitative estimate of drug-likeness (QED) is 0.351. The molecule has 0 bridgehead atoms. The molecule has 0 radical (unpaired) electrons. The number of hydrogen-bond acceptors (Lipinski definition) is 4. The third kappa shape index (κ3) is 3.50.